The fourth-order valence-electron chi connectivity index (χ4n) is 3.44. The van der Waals surface area contributed by atoms with Gasteiger partial charge >= 0.3 is 0 Å². The Bertz CT molecular complexity index is 497. The van der Waals surface area contributed by atoms with Crippen molar-refractivity contribution < 1.29 is 4.79 Å². The van der Waals surface area contributed by atoms with Crippen LogP contribution in [-0.2, 0) is 4.79 Å². The average Bonchev–Trinajstić information content (AvgIpc) is 3.11. The van der Waals surface area contributed by atoms with Crippen molar-refractivity contribution >= 4 is 5.91 Å². The minimum Gasteiger partial charge on any atom is -0.322 e. The molecule has 0 spiro atoms. The van der Waals surface area contributed by atoms with E-state index >= 15 is 0 Å². The number of hydrogen-bond donors (Lipinski definition) is 1. The second-order valence-electron chi connectivity index (χ2n) is 6.13. The molecule has 2 heterocycles. The second-order valence-corrected chi connectivity index (χ2v) is 6.13. The molecule has 4 nitrogen and oxygen atoms in total. The van der Waals surface area contributed by atoms with Gasteiger partial charge in [-0.2, -0.15) is 0 Å². The highest BCUT2D eigenvalue weighted by Gasteiger charge is 2.31. The fraction of sp³-hybridized carbons (Fsp3) is 0.588. The first-order chi connectivity index (χ1) is 10.3. The molecule has 0 aliphatic carbocycles. The molecule has 0 aromatic heterocycles. The maximum absolute atomic E-state index is 12.1. The third kappa shape index (κ3) is 3.27. The highest BCUT2D eigenvalue weighted by molar-refractivity contribution is 5.81. The van der Waals surface area contributed by atoms with Crippen LogP contribution in [0.25, 0.3) is 0 Å². The number of hydrogen-bond acceptors (Lipinski definition) is 3. The van der Waals surface area contributed by atoms with Crippen molar-refractivity contribution in [1.29, 1.82) is 0 Å². The van der Waals surface area contributed by atoms with Crippen molar-refractivity contribution in [2.45, 2.75) is 32.4 Å². The van der Waals surface area contributed by atoms with Crippen LogP contribution in [0.1, 0.15) is 36.6 Å². The first kappa shape index (κ1) is 14.5. The van der Waals surface area contributed by atoms with Crippen LogP contribution >= 0.6 is 0 Å². The Balaban J connectivity index is 1.61. The third-order valence-corrected chi connectivity index (χ3v) is 4.63. The number of likely N-dealkylation sites (tertiary alicyclic amines) is 1. The van der Waals surface area contributed by atoms with Crippen molar-refractivity contribution in [3.05, 3.63) is 35.4 Å². The minimum absolute atomic E-state index is 0.0530. The maximum Gasteiger partial charge on any atom is 0.238 e. The quantitative estimate of drug-likeness (QED) is 0.898. The zero-order valence-corrected chi connectivity index (χ0v) is 12.8. The summed E-state index contributed by atoms with van der Waals surface area (Å²) in [6.07, 6.45) is 3.78. The fourth-order valence-corrected chi connectivity index (χ4v) is 3.44. The molecule has 2 aliphatic heterocycles. The predicted octanol–water partition coefficient (Wildman–Crippen LogP) is 1.91. The van der Waals surface area contributed by atoms with Crippen LogP contribution in [0.2, 0.25) is 0 Å². The molecule has 4 heteroatoms. The SMILES string of the molecule is Cc1ccccc1C1NCC(=O)N1CCCN1CCCC1. The molecule has 1 unspecified atom stereocenters. The van der Waals surface area contributed by atoms with Crippen LogP contribution in [0.5, 0.6) is 0 Å². The van der Waals surface area contributed by atoms with Gasteiger partial charge in [-0.25, -0.2) is 0 Å². The Hall–Kier alpha value is -1.39. The van der Waals surface area contributed by atoms with Crippen LogP contribution in [0.4, 0.5) is 0 Å². The summed E-state index contributed by atoms with van der Waals surface area (Å²) in [5, 5.41) is 3.35. The van der Waals surface area contributed by atoms with E-state index in [0.29, 0.717) is 6.54 Å². The molecule has 1 atom stereocenters. The van der Waals surface area contributed by atoms with E-state index in [2.05, 4.69) is 35.3 Å². The topological polar surface area (TPSA) is 35.6 Å². The van der Waals surface area contributed by atoms with Gasteiger partial charge in [0.05, 0.1) is 6.54 Å². The number of nitrogens with one attached hydrogen (secondary N) is 1. The van der Waals surface area contributed by atoms with Gasteiger partial charge in [-0.15, -0.1) is 0 Å². The lowest BCUT2D eigenvalue weighted by Crippen LogP contribution is -2.33. The van der Waals surface area contributed by atoms with Crippen molar-refractivity contribution in [1.82, 2.24) is 15.1 Å². The Labute approximate surface area is 127 Å². The van der Waals surface area contributed by atoms with Crippen LogP contribution in [0.3, 0.4) is 0 Å². The number of rotatable bonds is 5. The molecule has 0 bridgehead atoms. The molecule has 1 N–H and O–H groups in total. The van der Waals surface area contributed by atoms with Gasteiger partial charge in [0.2, 0.25) is 5.91 Å². The summed E-state index contributed by atoms with van der Waals surface area (Å²) in [5.74, 6) is 0.227. The predicted molar refractivity (Wildman–Crippen MR) is 83.9 cm³/mol. The summed E-state index contributed by atoms with van der Waals surface area (Å²) in [6.45, 7) is 7.00. The minimum atomic E-state index is 0.0530. The molecule has 0 saturated carbocycles. The number of amides is 1. The van der Waals surface area contributed by atoms with Crippen molar-refractivity contribution in [3.63, 3.8) is 0 Å². The summed E-state index contributed by atoms with van der Waals surface area (Å²) < 4.78 is 0. The molecule has 2 fully saturated rings. The maximum atomic E-state index is 12.1. The summed E-state index contributed by atoms with van der Waals surface area (Å²) in [4.78, 5) is 16.7. The van der Waals surface area contributed by atoms with E-state index < -0.39 is 0 Å². The molecule has 1 aromatic rings. The number of benzene rings is 1. The third-order valence-electron chi connectivity index (χ3n) is 4.63. The van der Waals surface area contributed by atoms with Gasteiger partial charge in [0.1, 0.15) is 6.17 Å². The van der Waals surface area contributed by atoms with E-state index in [9.17, 15) is 4.79 Å². The van der Waals surface area contributed by atoms with Gasteiger partial charge in [0.25, 0.3) is 0 Å². The first-order valence-corrected chi connectivity index (χ1v) is 8.06. The summed E-state index contributed by atoms with van der Waals surface area (Å²) >= 11 is 0. The van der Waals surface area contributed by atoms with Crippen LogP contribution < -0.4 is 5.32 Å². The zero-order chi connectivity index (χ0) is 14.7. The highest BCUT2D eigenvalue weighted by atomic mass is 16.2. The van der Waals surface area contributed by atoms with Crippen molar-refractivity contribution in [3.8, 4) is 0 Å². The average molecular weight is 287 g/mol. The van der Waals surface area contributed by atoms with E-state index in [1.165, 1.54) is 37.1 Å². The first-order valence-electron chi connectivity index (χ1n) is 8.06. The van der Waals surface area contributed by atoms with Gasteiger partial charge in [-0.1, -0.05) is 24.3 Å². The Morgan fingerprint density at radius 2 is 1.95 bits per heavy atom. The van der Waals surface area contributed by atoms with Crippen LogP contribution in [0.15, 0.2) is 24.3 Å². The summed E-state index contributed by atoms with van der Waals surface area (Å²) in [5.41, 5.74) is 2.47. The van der Waals surface area contributed by atoms with E-state index in [1.54, 1.807) is 0 Å². The van der Waals surface area contributed by atoms with E-state index in [-0.39, 0.29) is 12.1 Å². The molecule has 21 heavy (non-hydrogen) atoms. The standard InChI is InChI=1S/C17H25N3O/c1-14-7-2-3-8-15(14)17-18-13-16(21)20(17)12-6-11-19-9-4-5-10-19/h2-3,7-8,17-18H,4-6,9-13H2,1H3. The zero-order valence-electron chi connectivity index (χ0n) is 12.8. The molecule has 3 rings (SSSR count). The lowest BCUT2D eigenvalue weighted by Gasteiger charge is -2.26. The van der Waals surface area contributed by atoms with Gasteiger partial charge in [-0.3, -0.25) is 10.1 Å². The molecule has 2 aliphatic rings. The number of aryl methyl sites for hydroxylation is 1. The summed E-state index contributed by atoms with van der Waals surface area (Å²) in [6, 6.07) is 8.34. The van der Waals surface area contributed by atoms with Gasteiger partial charge in [-0.05, 0) is 56.9 Å². The molecule has 1 aromatic carbocycles. The lowest BCUT2D eigenvalue weighted by molar-refractivity contribution is -0.128. The number of nitrogens with zero attached hydrogens (tertiary/aromatic N) is 2. The second kappa shape index (κ2) is 6.58. The largest absolute Gasteiger partial charge is 0.322 e. The Kier molecular flexibility index (Phi) is 4.56. The van der Waals surface area contributed by atoms with Crippen molar-refractivity contribution in [2.75, 3.05) is 32.7 Å². The van der Waals surface area contributed by atoms with Crippen LogP contribution in [-0.4, -0.2) is 48.4 Å². The van der Waals surface area contributed by atoms with Gasteiger partial charge < -0.3 is 9.80 Å². The smallest absolute Gasteiger partial charge is 0.238 e. The Morgan fingerprint density at radius 1 is 1.19 bits per heavy atom. The van der Waals surface area contributed by atoms with E-state index in [1.807, 2.05) is 11.0 Å². The van der Waals surface area contributed by atoms with Crippen LogP contribution in [0, 0.1) is 6.92 Å². The van der Waals surface area contributed by atoms with Gasteiger partial charge in [0.15, 0.2) is 0 Å². The monoisotopic (exact) mass is 287 g/mol. The molecule has 2 saturated heterocycles. The molecular formula is C17H25N3O. The normalized spacial score (nSPS) is 23.2. The summed E-state index contributed by atoms with van der Waals surface area (Å²) in [7, 11) is 0. The highest BCUT2D eigenvalue weighted by Crippen LogP contribution is 2.25. The molecule has 114 valence electrons. The van der Waals surface area contributed by atoms with E-state index in [0.717, 1.165) is 19.5 Å². The lowest BCUT2D eigenvalue weighted by atomic mass is 10.1. The molecule has 0 radical (unpaired) electrons. The van der Waals surface area contributed by atoms with Gasteiger partial charge in [0, 0.05) is 6.54 Å². The number of carbonyl (C=O) groups is 1. The molecular weight excluding hydrogens is 262 g/mol. The van der Waals surface area contributed by atoms with Crippen molar-refractivity contribution in [2.24, 2.45) is 0 Å². The number of carbonyl (C=O) groups excluding carboxylic acids is 1. The molecule has 1 amide bonds. The van der Waals surface area contributed by atoms with E-state index in [4.69, 9.17) is 0 Å². The Morgan fingerprint density at radius 3 is 2.71 bits per heavy atom.